The van der Waals surface area contributed by atoms with E-state index in [0.717, 1.165) is 54.0 Å². The number of carbonyl (C=O) groups excluding carboxylic acids is 2. The van der Waals surface area contributed by atoms with Crippen LogP contribution in [-0.4, -0.2) is 51.2 Å². The number of hydrogen-bond donors (Lipinski definition) is 3. The number of urea groups is 1. The Morgan fingerprint density at radius 3 is 2.32 bits per heavy atom. The van der Waals surface area contributed by atoms with Gasteiger partial charge in [-0.15, -0.1) is 0 Å². The summed E-state index contributed by atoms with van der Waals surface area (Å²) in [4.78, 5) is 30.6. The molecule has 2 spiro atoms. The minimum atomic E-state index is -1.15. The third kappa shape index (κ3) is 4.66. The summed E-state index contributed by atoms with van der Waals surface area (Å²) in [5, 5.41) is 29.5. The molecular weight excluding hydrogens is 620 g/mol. The van der Waals surface area contributed by atoms with Crippen molar-refractivity contribution in [1.29, 1.82) is 0 Å². The molecule has 0 radical (unpaired) electrons. The molecule has 3 aromatic carbocycles. The minimum Gasteiger partial charge on any atom is -0.393 e. The van der Waals surface area contributed by atoms with E-state index in [1.165, 1.54) is 0 Å². The molecule has 6 aliphatic carbocycles. The molecule has 0 heterocycles. The van der Waals surface area contributed by atoms with E-state index in [4.69, 9.17) is 0 Å². The van der Waals surface area contributed by atoms with Crippen molar-refractivity contribution in [2.45, 2.75) is 96.9 Å². The van der Waals surface area contributed by atoms with Crippen molar-refractivity contribution in [1.82, 2.24) is 10.2 Å². The molecule has 6 heteroatoms. The molecular formula is C44H52N2O4. The van der Waals surface area contributed by atoms with E-state index in [9.17, 15) is 19.8 Å². The van der Waals surface area contributed by atoms with Crippen LogP contribution in [0.3, 0.4) is 0 Å². The van der Waals surface area contributed by atoms with E-state index in [-0.39, 0.29) is 47.1 Å². The Hall–Kier alpha value is -3.74. The quantitative estimate of drug-likeness (QED) is 0.174. The number of fused-ring (bicyclic) bond motifs is 2. The monoisotopic (exact) mass is 672 g/mol. The van der Waals surface area contributed by atoms with Crippen molar-refractivity contribution in [3.8, 4) is 0 Å². The van der Waals surface area contributed by atoms with Gasteiger partial charge in [-0.1, -0.05) is 105 Å². The van der Waals surface area contributed by atoms with Crippen LogP contribution in [0.25, 0.3) is 10.8 Å². The van der Waals surface area contributed by atoms with Gasteiger partial charge < -0.3 is 20.4 Å². The van der Waals surface area contributed by atoms with Gasteiger partial charge in [0, 0.05) is 40.0 Å². The van der Waals surface area contributed by atoms with Gasteiger partial charge in [0.1, 0.15) is 0 Å². The number of benzene rings is 3. The molecule has 6 nitrogen and oxygen atoms in total. The molecule has 0 saturated heterocycles. The predicted molar refractivity (Wildman–Crippen MR) is 197 cm³/mol. The molecule has 2 bridgehead atoms. The smallest absolute Gasteiger partial charge is 0.317 e. The maximum atomic E-state index is 14.7. The Morgan fingerprint density at radius 1 is 0.860 bits per heavy atom. The van der Waals surface area contributed by atoms with E-state index < -0.39 is 22.5 Å². The molecule has 3 fully saturated rings. The number of carbonyl (C=O) groups is 2. The molecule has 50 heavy (non-hydrogen) atoms. The first kappa shape index (κ1) is 33.4. The van der Waals surface area contributed by atoms with Crippen molar-refractivity contribution in [2.75, 3.05) is 6.54 Å². The zero-order chi connectivity index (χ0) is 35.1. The summed E-state index contributed by atoms with van der Waals surface area (Å²) in [6, 6.07) is 23.9. The molecule has 0 aromatic heterocycles. The Labute approximate surface area is 296 Å². The SMILES string of the molecule is CC(C)NC(=O)N(Cc1cccc2ccccc12)C[C@]1(O)CC[C@H]2[C@]34C=C[C@@]5(C=C3C(=O)c3ccccc3)CC(O)CC[C@]5(C)[C@H]4CC[C@@]21C. The van der Waals surface area contributed by atoms with E-state index >= 15 is 0 Å². The van der Waals surface area contributed by atoms with Crippen molar-refractivity contribution >= 4 is 22.6 Å². The van der Waals surface area contributed by atoms with Gasteiger partial charge in [-0.3, -0.25) is 4.79 Å². The minimum absolute atomic E-state index is 0.0171. The Morgan fingerprint density at radius 2 is 1.54 bits per heavy atom. The largest absolute Gasteiger partial charge is 0.393 e. The zero-order valence-corrected chi connectivity index (χ0v) is 30.0. The highest BCUT2D eigenvalue weighted by atomic mass is 16.3. The van der Waals surface area contributed by atoms with Gasteiger partial charge in [-0.05, 0) is 92.4 Å². The first-order valence-corrected chi connectivity index (χ1v) is 18.8. The number of aliphatic hydroxyl groups excluding tert-OH is 1. The zero-order valence-electron chi connectivity index (χ0n) is 30.0. The van der Waals surface area contributed by atoms with E-state index in [2.05, 4.69) is 61.7 Å². The first-order valence-electron chi connectivity index (χ1n) is 18.8. The average molecular weight is 673 g/mol. The van der Waals surface area contributed by atoms with E-state index in [0.29, 0.717) is 24.9 Å². The summed E-state index contributed by atoms with van der Waals surface area (Å²) in [5.74, 6) is 0.301. The van der Waals surface area contributed by atoms with Crippen LogP contribution in [0.2, 0.25) is 0 Å². The van der Waals surface area contributed by atoms with Crippen LogP contribution in [0.4, 0.5) is 4.79 Å². The number of allylic oxidation sites excluding steroid dienone is 4. The van der Waals surface area contributed by atoms with E-state index in [1.54, 1.807) is 0 Å². The maximum Gasteiger partial charge on any atom is 0.317 e. The van der Waals surface area contributed by atoms with Crippen molar-refractivity contribution in [2.24, 2.45) is 33.5 Å². The second kappa shape index (κ2) is 11.6. The number of amides is 2. The van der Waals surface area contributed by atoms with Gasteiger partial charge >= 0.3 is 6.03 Å². The lowest BCUT2D eigenvalue weighted by atomic mass is 9.32. The van der Waals surface area contributed by atoms with Crippen LogP contribution < -0.4 is 5.32 Å². The Kier molecular flexibility index (Phi) is 7.78. The number of rotatable bonds is 7. The molecule has 0 aliphatic heterocycles. The Balaban J connectivity index is 1.20. The number of ketones is 1. The second-order valence-corrected chi connectivity index (χ2v) is 17.1. The standard InChI is InChI=1S/C44H52N2O4/c1-29(2)45-39(49)46(27-32-15-10-14-30-11-8-9-16-34(30)32)28-43(50)22-19-37-41(43,4)21-18-36-40(3)20-17-33(47)25-42(40)23-24-44(36,37)35(26-42)38(48)31-12-6-5-7-13-31/h5-16,23-24,26,29,33,36-37,47,50H,17-22,25,27-28H2,1-4H3,(H,45,49)/t33?,36-,37-,40-,41+,42+,43-,44-/m1/s1. The van der Waals surface area contributed by atoms with Crippen LogP contribution in [0.1, 0.15) is 88.6 Å². The highest BCUT2D eigenvalue weighted by Gasteiger charge is 2.74. The van der Waals surface area contributed by atoms with E-state index in [1.807, 2.05) is 67.3 Å². The number of nitrogens with one attached hydrogen (secondary N) is 1. The average Bonchev–Trinajstić information content (AvgIpc) is 3.37. The van der Waals surface area contributed by atoms with Gasteiger partial charge in [0.15, 0.2) is 5.78 Å². The van der Waals surface area contributed by atoms with Crippen LogP contribution in [0, 0.1) is 33.5 Å². The topological polar surface area (TPSA) is 89.9 Å². The van der Waals surface area contributed by atoms with Gasteiger partial charge in [0.05, 0.1) is 18.2 Å². The van der Waals surface area contributed by atoms with Gasteiger partial charge in [-0.2, -0.15) is 0 Å². The summed E-state index contributed by atoms with van der Waals surface area (Å²) in [6.45, 7) is 9.19. The first-order chi connectivity index (χ1) is 23.9. The predicted octanol–water partition coefficient (Wildman–Crippen LogP) is 8.23. The van der Waals surface area contributed by atoms with Gasteiger partial charge in [0.2, 0.25) is 0 Å². The summed E-state index contributed by atoms with van der Waals surface area (Å²) in [6.07, 6.45) is 11.9. The molecule has 262 valence electrons. The molecule has 6 aliphatic rings. The van der Waals surface area contributed by atoms with Crippen LogP contribution >= 0.6 is 0 Å². The lowest BCUT2D eigenvalue weighted by molar-refractivity contribution is -0.174. The maximum absolute atomic E-state index is 14.7. The molecule has 9 rings (SSSR count). The molecule has 3 N–H and O–H groups in total. The molecule has 3 aromatic rings. The van der Waals surface area contributed by atoms with Crippen molar-refractivity contribution in [3.63, 3.8) is 0 Å². The van der Waals surface area contributed by atoms with Crippen molar-refractivity contribution < 1.29 is 19.8 Å². The lowest BCUT2D eigenvalue weighted by Crippen LogP contribution is -2.67. The highest BCUT2D eigenvalue weighted by Crippen LogP contribution is 2.78. The summed E-state index contributed by atoms with van der Waals surface area (Å²) in [7, 11) is 0. The summed E-state index contributed by atoms with van der Waals surface area (Å²) < 4.78 is 0. The fraction of sp³-hybridized carbons (Fsp3) is 0.500. The van der Waals surface area contributed by atoms with Crippen LogP contribution in [-0.2, 0) is 6.54 Å². The third-order valence-corrected chi connectivity index (χ3v) is 14.4. The fourth-order valence-electron chi connectivity index (χ4n) is 11.8. The normalized spacial score (nSPS) is 36.8. The molecule has 1 unspecified atom stereocenters. The number of hydrogen-bond acceptors (Lipinski definition) is 4. The molecule has 3 saturated carbocycles. The Bertz CT molecular complexity index is 1900. The summed E-state index contributed by atoms with van der Waals surface area (Å²) >= 11 is 0. The fourth-order valence-corrected chi connectivity index (χ4v) is 11.8. The highest BCUT2D eigenvalue weighted by molar-refractivity contribution is 6.10. The lowest BCUT2D eigenvalue weighted by Gasteiger charge is -2.71. The van der Waals surface area contributed by atoms with Crippen LogP contribution in [0.15, 0.2) is 96.6 Å². The van der Waals surface area contributed by atoms with Gasteiger partial charge in [0.25, 0.3) is 0 Å². The third-order valence-electron chi connectivity index (χ3n) is 14.4. The van der Waals surface area contributed by atoms with Gasteiger partial charge in [-0.25, -0.2) is 4.79 Å². The number of aliphatic hydroxyl groups is 2. The van der Waals surface area contributed by atoms with Crippen LogP contribution in [0.5, 0.6) is 0 Å². The number of nitrogens with zero attached hydrogens (tertiary/aromatic N) is 1. The number of Topliss-reactive ketones (excluding diaryl/α,β-unsaturated/α-hetero) is 1. The molecule has 2 amide bonds. The summed E-state index contributed by atoms with van der Waals surface area (Å²) in [5.41, 5.74) is -0.101. The molecule has 8 atom stereocenters. The van der Waals surface area contributed by atoms with Crippen molar-refractivity contribution in [3.05, 3.63) is 108 Å². The second-order valence-electron chi connectivity index (χ2n) is 17.1.